The maximum Gasteiger partial charge on any atom is 0.228 e. The molecule has 3 rings (SSSR count). The number of unbranched alkanes of at least 4 members (excludes halogenated alkanes) is 4. The molecule has 2 aromatic rings. The van der Waals surface area contributed by atoms with Crippen LogP contribution in [0.3, 0.4) is 0 Å². The van der Waals surface area contributed by atoms with Gasteiger partial charge in [-0.1, -0.05) is 19.8 Å². The van der Waals surface area contributed by atoms with E-state index in [1.165, 1.54) is 10.5 Å². The quantitative estimate of drug-likeness (QED) is 0.0663. The number of phenols is 1. The van der Waals surface area contributed by atoms with Gasteiger partial charge in [-0.15, -0.1) is 11.8 Å². The van der Waals surface area contributed by atoms with Gasteiger partial charge in [0.1, 0.15) is 11.4 Å². The number of nitrogens with zero attached hydrogens (tertiary/aromatic N) is 2. The summed E-state index contributed by atoms with van der Waals surface area (Å²) in [7, 11) is 1.95. The van der Waals surface area contributed by atoms with Crippen LogP contribution < -0.4 is 20.9 Å². The van der Waals surface area contributed by atoms with Crippen molar-refractivity contribution in [3.05, 3.63) is 17.7 Å². The molecule has 1 fully saturated rings. The van der Waals surface area contributed by atoms with Crippen LogP contribution >= 0.6 is 11.8 Å². The fourth-order valence-electron chi connectivity index (χ4n) is 6.31. The number of nitrogens with one attached hydrogen (secondary N) is 4. The van der Waals surface area contributed by atoms with E-state index in [0.29, 0.717) is 63.4 Å². The van der Waals surface area contributed by atoms with E-state index in [1.807, 2.05) is 26.1 Å². The minimum Gasteiger partial charge on any atom is -0.506 e. The molecule has 0 saturated carbocycles. The van der Waals surface area contributed by atoms with Crippen molar-refractivity contribution < 1.29 is 24.3 Å². The predicted octanol–water partition coefficient (Wildman–Crippen LogP) is 5.06. The zero-order chi connectivity index (χ0) is 34.0. The fraction of sp³-hybridized carbons (Fsp3) is 0.657. The van der Waals surface area contributed by atoms with Gasteiger partial charge < -0.3 is 30.9 Å². The third kappa shape index (κ3) is 12.1. The van der Waals surface area contributed by atoms with Gasteiger partial charge >= 0.3 is 0 Å². The molecule has 1 aliphatic heterocycles. The van der Waals surface area contributed by atoms with Gasteiger partial charge in [-0.05, 0) is 82.7 Å². The number of benzene rings is 1. The Labute approximate surface area is 284 Å². The first-order chi connectivity index (χ1) is 22.8. The first-order valence-corrected chi connectivity index (χ1v) is 18.6. The Balaban J connectivity index is 1.23. The normalized spacial score (nSPS) is 13.6. The van der Waals surface area contributed by atoms with Crippen LogP contribution in [0.2, 0.25) is 0 Å². The Morgan fingerprint density at radius 1 is 1.00 bits per heavy atom. The molecule has 5 N–H and O–H groups in total. The van der Waals surface area contributed by atoms with Crippen LogP contribution in [0.1, 0.15) is 96.0 Å². The highest BCUT2D eigenvalue weighted by atomic mass is 32.2. The van der Waals surface area contributed by atoms with E-state index < -0.39 is 0 Å². The second-order valence-electron chi connectivity index (χ2n) is 12.5. The monoisotopic (exact) mass is 672 g/mol. The molecule has 2 heterocycles. The number of imide groups is 1. The molecule has 1 aliphatic rings. The van der Waals surface area contributed by atoms with Crippen molar-refractivity contribution in [2.75, 3.05) is 50.9 Å². The molecule has 47 heavy (non-hydrogen) atoms. The van der Waals surface area contributed by atoms with E-state index >= 15 is 0 Å². The third-order valence-electron chi connectivity index (χ3n) is 8.97. The molecule has 11 nitrogen and oxygen atoms in total. The Kier molecular flexibility index (Phi) is 17.0. The van der Waals surface area contributed by atoms with E-state index in [0.717, 1.165) is 99.0 Å². The van der Waals surface area contributed by atoms with E-state index in [9.17, 15) is 24.3 Å². The van der Waals surface area contributed by atoms with Crippen LogP contribution in [0.15, 0.2) is 17.2 Å². The van der Waals surface area contributed by atoms with Gasteiger partial charge in [-0.2, -0.15) is 0 Å². The summed E-state index contributed by atoms with van der Waals surface area (Å²) >= 11 is 1.69. The third-order valence-corrected chi connectivity index (χ3v) is 9.73. The lowest BCUT2D eigenvalue weighted by molar-refractivity contribution is -0.138. The average molecular weight is 673 g/mol. The number of aromatic hydroxyl groups is 1. The van der Waals surface area contributed by atoms with Crippen LogP contribution in [0.4, 0.5) is 5.69 Å². The number of carbonyl (C=O) groups excluding carboxylic acids is 4. The van der Waals surface area contributed by atoms with E-state index in [-0.39, 0.29) is 17.7 Å². The van der Waals surface area contributed by atoms with Gasteiger partial charge in [0.25, 0.3) is 0 Å². The van der Waals surface area contributed by atoms with Crippen molar-refractivity contribution in [1.82, 2.24) is 25.8 Å². The molecule has 0 radical (unpaired) electrons. The number of H-pyrrole nitrogens is 1. The van der Waals surface area contributed by atoms with Gasteiger partial charge in [-0.25, -0.2) is 0 Å². The molecular formula is C35H56N6O5S. The van der Waals surface area contributed by atoms with Crippen molar-refractivity contribution in [2.24, 2.45) is 5.92 Å². The number of hydrogen-bond acceptors (Lipinski definition) is 8. The molecule has 0 atom stereocenters. The van der Waals surface area contributed by atoms with Crippen molar-refractivity contribution in [1.29, 1.82) is 0 Å². The van der Waals surface area contributed by atoms with Gasteiger partial charge in [0.15, 0.2) is 0 Å². The molecular weight excluding hydrogens is 616 g/mol. The maximum absolute atomic E-state index is 12.4. The minimum absolute atomic E-state index is 0.0180. The Hall–Kier alpha value is -3.25. The van der Waals surface area contributed by atoms with E-state index in [1.54, 1.807) is 11.8 Å². The van der Waals surface area contributed by atoms with Crippen molar-refractivity contribution in [2.45, 2.75) is 102 Å². The SMILES string of the molecule is CCCC(=O)N(C=O)CCCCCC(=O)NCCCCCC(=O)NCCC1CCN(c2c(O)ccc3c(CNC)c(SC)[nH]c23)CC1. The summed E-state index contributed by atoms with van der Waals surface area (Å²) in [4.78, 5) is 54.4. The van der Waals surface area contributed by atoms with Crippen molar-refractivity contribution in [3.8, 4) is 5.75 Å². The smallest absolute Gasteiger partial charge is 0.228 e. The van der Waals surface area contributed by atoms with E-state index in [2.05, 4.69) is 32.1 Å². The molecule has 0 unspecified atom stereocenters. The van der Waals surface area contributed by atoms with Crippen molar-refractivity contribution >= 4 is 52.5 Å². The molecule has 1 saturated heterocycles. The summed E-state index contributed by atoms with van der Waals surface area (Å²) < 4.78 is 0. The zero-order valence-electron chi connectivity index (χ0n) is 28.6. The summed E-state index contributed by atoms with van der Waals surface area (Å²) in [5.41, 5.74) is 3.12. The Morgan fingerprint density at radius 2 is 1.68 bits per heavy atom. The van der Waals surface area contributed by atoms with Crippen LogP contribution in [-0.2, 0) is 25.7 Å². The highest BCUT2D eigenvalue weighted by molar-refractivity contribution is 7.98. The van der Waals surface area contributed by atoms with Crippen molar-refractivity contribution in [3.63, 3.8) is 0 Å². The number of hydrogen-bond donors (Lipinski definition) is 5. The summed E-state index contributed by atoms with van der Waals surface area (Å²) in [6.45, 7) is 6.12. The molecule has 0 bridgehead atoms. The molecule has 0 spiro atoms. The minimum atomic E-state index is -0.140. The molecule has 4 amide bonds. The number of thioether (sulfide) groups is 1. The summed E-state index contributed by atoms with van der Waals surface area (Å²) in [5, 5.41) is 22.4. The first kappa shape index (κ1) is 38.2. The predicted molar refractivity (Wildman–Crippen MR) is 190 cm³/mol. The largest absolute Gasteiger partial charge is 0.506 e. The lowest BCUT2D eigenvalue weighted by atomic mass is 9.93. The topological polar surface area (TPSA) is 147 Å². The number of anilines is 1. The van der Waals surface area contributed by atoms with Crippen LogP contribution in [0.25, 0.3) is 10.9 Å². The summed E-state index contributed by atoms with van der Waals surface area (Å²) in [6, 6.07) is 3.81. The molecule has 262 valence electrons. The fourth-order valence-corrected chi connectivity index (χ4v) is 6.94. The van der Waals surface area contributed by atoms with Gasteiger partial charge in [0.2, 0.25) is 24.1 Å². The number of amides is 4. The first-order valence-electron chi connectivity index (χ1n) is 17.4. The zero-order valence-corrected chi connectivity index (χ0v) is 29.4. The van der Waals surface area contributed by atoms with Crippen LogP contribution in [0.5, 0.6) is 5.75 Å². The number of aromatic nitrogens is 1. The molecule has 1 aromatic heterocycles. The number of rotatable bonds is 22. The lowest BCUT2D eigenvalue weighted by Gasteiger charge is -2.34. The average Bonchev–Trinajstić information content (AvgIpc) is 3.42. The highest BCUT2D eigenvalue weighted by Gasteiger charge is 2.25. The van der Waals surface area contributed by atoms with Crippen LogP contribution in [-0.4, -0.2) is 85.1 Å². The maximum atomic E-state index is 12.4. The number of fused-ring (bicyclic) bond motifs is 1. The molecule has 0 aliphatic carbocycles. The number of aromatic amines is 1. The second kappa shape index (κ2) is 20.9. The molecule has 1 aromatic carbocycles. The van der Waals surface area contributed by atoms with Gasteiger partial charge in [-0.3, -0.25) is 24.1 Å². The van der Waals surface area contributed by atoms with Gasteiger partial charge in [0.05, 0.1) is 10.5 Å². The Morgan fingerprint density at radius 3 is 2.32 bits per heavy atom. The molecule has 12 heteroatoms. The standard InChI is InChI=1S/C35H56N6O5S/c1-4-11-32(46)41(25-42)21-10-6-8-13-30(44)37-19-9-5-7-12-31(45)38-20-16-26-17-22-40(23-18-26)34-29(43)15-14-27-28(24-36-2)35(47-3)39-33(27)34/h14-15,25-26,36,39,43H,4-13,16-24H2,1-3H3,(H,37,44)(H,38,45). The highest BCUT2D eigenvalue weighted by Crippen LogP contribution is 2.41. The number of piperidine rings is 1. The number of phenolic OH excluding ortho intramolecular Hbond substituents is 1. The summed E-state index contributed by atoms with van der Waals surface area (Å²) in [5.74, 6) is 0.816. The Bertz CT molecular complexity index is 1290. The summed E-state index contributed by atoms with van der Waals surface area (Å²) in [6.07, 6.45) is 12.4. The van der Waals surface area contributed by atoms with Crippen LogP contribution in [0, 0.1) is 5.92 Å². The van der Waals surface area contributed by atoms with E-state index in [4.69, 9.17) is 0 Å². The van der Waals surface area contributed by atoms with Gasteiger partial charge in [0, 0.05) is 69.5 Å². The second-order valence-corrected chi connectivity index (χ2v) is 13.3. The number of carbonyl (C=O) groups is 4. The lowest BCUT2D eigenvalue weighted by Crippen LogP contribution is -2.35.